The summed E-state index contributed by atoms with van der Waals surface area (Å²) in [7, 11) is -2.89. The third-order valence-corrected chi connectivity index (χ3v) is 7.15. The molecule has 2 rings (SSSR count). The quantitative estimate of drug-likeness (QED) is 0.846. The highest BCUT2D eigenvalue weighted by Gasteiger charge is 2.28. The molecule has 1 aromatic rings. The Labute approximate surface area is 140 Å². The molecule has 1 aromatic carbocycles. The summed E-state index contributed by atoms with van der Waals surface area (Å²) in [5, 5.41) is 3.68. The summed E-state index contributed by atoms with van der Waals surface area (Å²) in [6, 6.07) is 7.39. The van der Waals surface area contributed by atoms with Crippen molar-refractivity contribution >= 4 is 39.1 Å². The van der Waals surface area contributed by atoms with Crippen LogP contribution in [0.4, 0.5) is 0 Å². The number of carbonyl (C=O) groups is 1. The lowest BCUT2D eigenvalue weighted by molar-refractivity contribution is -0.119. The van der Waals surface area contributed by atoms with Crippen molar-refractivity contribution in [1.82, 2.24) is 5.32 Å². The molecule has 0 radical (unpaired) electrons. The number of carbonyl (C=O) groups excluding carboxylic acids is 1. The molecule has 4 nitrogen and oxygen atoms in total. The Kier molecular flexibility index (Phi) is 6.17. The monoisotopic (exact) mass is 361 g/mol. The van der Waals surface area contributed by atoms with Gasteiger partial charge >= 0.3 is 0 Å². The first-order valence-electron chi connectivity index (χ1n) is 7.26. The molecule has 1 N–H and O–H groups in total. The zero-order chi connectivity index (χ0) is 16.2. The van der Waals surface area contributed by atoms with E-state index in [0.717, 1.165) is 12.0 Å². The number of benzene rings is 1. The minimum Gasteiger partial charge on any atom is -0.349 e. The van der Waals surface area contributed by atoms with Crippen LogP contribution in [-0.4, -0.2) is 36.8 Å². The normalized spacial score (nSPS) is 21.5. The first kappa shape index (κ1) is 17.6. The van der Waals surface area contributed by atoms with Crippen molar-refractivity contribution in [2.24, 2.45) is 0 Å². The van der Waals surface area contributed by atoms with Crippen LogP contribution in [0.15, 0.2) is 24.3 Å². The lowest BCUT2D eigenvalue weighted by atomic mass is 10.0. The van der Waals surface area contributed by atoms with Crippen LogP contribution >= 0.6 is 23.4 Å². The molecule has 1 heterocycles. The molecule has 0 unspecified atom stereocenters. The predicted octanol–water partition coefficient (Wildman–Crippen LogP) is 2.83. The molecule has 0 spiro atoms. The minimum absolute atomic E-state index is 0.0435. The third kappa shape index (κ3) is 5.18. The third-order valence-electron chi connectivity index (χ3n) is 3.64. The molecule has 122 valence electrons. The minimum atomic E-state index is -2.89. The second-order valence-electron chi connectivity index (χ2n) is 5.42. The van der Waals surface area contributed by atoms with E-state index in [2.05, 4.69) is 5.32 Å². The highest BCUT2D eigenvalue weighted by Crippen LogP contribution is 2.25. The van der Waals surface area contributed by atoms with Crippen LogP contribution in [0, 0.1) is 0 Å². The van der Waals surface area contributed by atoms with Gasteiger partial charge in [-0.3, -0.25) is 4.79 Å². The van der Waals surface area contributed by atoms with E-state index in [9.17, 15) is 13.2 Å². The fraction of sp³-hybridized carbons (Fsp3) is 0.533. The molecular formula is C15H20ClNO3S2. The van der Waals surface area contributed by atoms with E-state index < -0.39 is 9.84 Å². The van der Waals surface area contributed by atoms with E-state index in [-0.39, 0.29) is 34.5 Å². The van der Waals surface area contributed by atoms with Crippen molar-refractivity contribution in [2.45, 2.75) is 31.1 Å². The molecular weight excluding hydrogens is 342 g/mol. The van der Waals surface area contributed by atoms with Crippen LogP contribution < -0.4 is 5.32 Å². The van der Waals surface area contributed by atoms with Crippen LogP contribution in [0.25, 0.3) is 0 Å². The van der Waals surface area contributed by atoms with Crippen LogP contribution in [0.1, 0.15) is 31.4 Å². The number of sulfone groups is 1. The predicted molar refractivity (Wildman–Crippen MR) is 92.1 cm³/mol. The lowest BCUT2D eigenvalue weighted by Gasteiger charge is -2.18. The average molecular weight is 362 g/mol. The van der Waals surface area contributed by atoms with Crippen LogP contribution in [0.3, 0.4) is 0 Å². The number of hydrogen-bond acceptors (Lipinski definition) is 4. The summed E-state index contributed by atoms with van der Waals surface area (Å²) in [5.41, 5.74) is 0.983. The summed E-state index contributed by atoms with van der Waals surface area (Å²) in [6.07, 6.45) is 1.42. The second-order valence-corrected chi connectivity index (χ2v) is 9.37. The SMILES string of the molecule is CC[C@H](NC(=O)CS[C@@H]1CCS(=O)(=O)C1)c1cccc(Cl)c1. The van der Waals surface area contributed by atoms with Gasteiger partial charge in [-0.2, -0.15) is 0 Å². The Morgan fingerprint density at radius 2 is 2.27 bits per heavy atom. The number of amides is 1. The van der Waals surface area contributed by atoms with Gasteiger partial charge in [0, 0.05) is 10.3 Å². The molecule has 2 atom stereocenters. The summed E-state index contributed by atoms with van der Waals surface area (Å²) >= 11 is 7.41. The molecule has 1 fully saturated rings. The van der Waals surface area contributed by atoms with Crippen molar-refractivity contribution in [1.29, 1.82) is 0 Å². The maximum Gasteiger partial charge on any atom is 0.230 e. The number of thioether (sulfide) groups is 1. The van der Waals surface area contributed by atoms with Gasteiger partial charge < -0.3 is 5.32 Å². The van der Waals surface area contributed by atoms with Crippen LogP contribution in [0.2, 0.25) is 5.02 Å². The highest BCUT2D eigenvalue weighted by atomic mass is 35.5. The van der Waals surface area contributed by atoms with Crippen molar-refractivity contribution in [3.05, 3.63) is 34.9 Å². The van der Waals surface area contributed by atoms with E-state index in [4.69, 9.17) is 11.6 Å². The summed E-state index contributed by atoms with van der Waals surface area (Å²) in [4.78, 5) is 12.1. The van der Waals surface area contributed by atoms with E-state index in [1.54, 1.807) is 6.07 Å². The fourth-order valence-electron chi connectivity index (χ4n) is 2.47. The van der Waals surface area contributed by atoms with Crippen molar-refractivity contribution < 1.29 is 13.2 Å². The smallest absolute Gasteiger partial charge is 0.230 e. The van der Waals surface area contributed by atoms with Crippen molar-refractivity contribution in [3.63, 3.8) is 0 Å². The molecule has 1 aliphatic heterocycles. The lowest BCUT2D eigenvalue weighted by Crippen LogP contribution is -2.30. The zero-order valence-corrected chi connectivity index (χ0v) is 14.8. The van der Waals surface area contributed by atoms with Crippen molar-refractivity contribution in [2.75, 3.05) is 17.3 Å². The van der Waals surface area contributed by atoms with Crippen molar-refractivity contribution in [3.8, 4) is 0 Å². The number of halogens is 1. The molecule has 0 saturated carbocycles. The molecule has 1 aliphatic rings. The molecule has 7 heteroatoms. The zero-order valence-electron chi connectivity index (χ0n) is 12.4. The van der Waals surface area contributed by atoms with Gasteiger partial charge in [-0.25, -0.2) is 8.42 Å². The number of hydrogen-bond donors (Lipinski definition) is 1. The maximum atomic E-state index is 12.1. The van der Waals surface area contributed by atoms with E-state index in [1.165, 1.54) is 11.8 Å². The molecule has 0 aliphatic carbocycles. The standard InChI is InChI=1S/C15H20ClNO3S2/c1-2-14(11-4-3-5-12(16)8-11)17-15(18)9-21-13-6-7-22(19,20)10-13/h3-5,8,13-14H,2,6-7,9-10H2,1H3,(H,17,18)/t13-,14+/m1/s1. The van der Waals surface area contributed by atoms with Crippen LogP contribution in [0.5, 0.6) is 0 Å². The van der Waals surface area contributed by atoms with Gasteiger partial charge in [0.2, 0.25) is 5.91 Å². The summed E-state index contributed by atoms with van der Waals surface area (Å²) in [6.45, 7) is 2.00. The number of nitrogens with one attached hydrogen (secondary N) is 1. The molecule has 0 bridgehead atoms. The second kappa shape index (κ2) is 7.70. The topological polar surface area (TPSA) is 63.2 Å². The molecule has 22 heavy (non-hydrogen) atoms. The van der Waals surface area contributed by atoms with Gasteiger partial charge in [0.15, 0.2) is 9.84 Å². The van der Waals surface area contributed by atoms with Gasteiger partial charge in [0.1, 0.15) is 0 Å². The Hall–Kier alpha value is -0.720. The van der Waals surface area contributed by atoms with Gasteiger partial charge in [-0.15, -0.1) is 11.8 Å². The first-order chi connectivity index (χ1) is 10.4. The highest BCUT2D eigenvalue weighted by molar-refractivity contribution is 8.02. The summed E-state index contributed by atoms with van der Waals surface area (Å²) < 4.78 is 22.8. The maximum absolute atomic E-state index is 12.1. The van der Waals surface area contributed by atoms with E-state index in [1.807, 2.05) is 25.1 Å². The van der Waals surface area contributed by atoms with E-state index >= 15 is 0 Å². The Bertz CT molecular complexity index is 633. The van der Waals surface area contributed by atoms with Crippen LogP contribution in [-0.2, 0) is 14.6 Å². The molecule has 0 aromatic heterocycles. The van der Waals surface area contributed by atoms with Gasteiger partial charge in [-0.1, -0.05) is 30.7 Å². The molecule has 1 saturated heterocycles. The summed E-state index contributed by atoms with van der Waals surface area (Å²) in [5.74, 6) is 0.654. The Morgan fingerprint density at radius 3 is 2.86 bits per heavy atom. The first-order valence-corrected chi connectivity index (χ1v) is 10.5. The van der Waals surface area contributed by atoms with Gasteiger partial charge in [0.25, 0.3) is 0 Å². The van der Waals surface area contributed by atoms with Gasteiger partial charge in [-0.05, 0) is 30.5 Å². The Morgan fingerprint density at radius 1 is 1.50 bits per heavy atom. The Balaban J connectivity index is 1.85. The van der Waals surface area contributed by atoms with E-state index in [0.29, 0.717) is 11.4 Å². The fourth-order valence-corrected chi connectivity index (χ4v) is 6.12. The number of rotatable bonds is 6. The largest absolute Gasteiger partial charge is 0.349 e. The molecule has 1 amide bonds. The van der Waals surface area contributed by atoms with Gasteiger partial charge in [0.05, 0.1) is 23.3 Å². The average Bonchev–Trinajstić information content (AvgIpc) is 2.82.